The number of hydrogen-bond acceptors (Lipinski definition) is 7. The third-order valence-electron chi connectivity index (χ3n) is 4.13. The number of anilines is 1. The fourth-order valence-electron chi connectivity index (χ4n) is 2.73. The predicted octanol–water partition coefficient (Wildman–Crippen LogP) is 2.22. The van der Waals surface area contributed by atoms with Gasteiger partial charge in [-0.25, -0.2) is 17.9 Å². The molecular formula is C19H14N6O4S. The molecule has 0 unspecified atom stereocenters. The van der Waals surface area contributed by atoms with Gasteiger partial charge < -0.3 is 5.11 Å². The number of benzene rings is 1. The molecule has 0 aliphatic carbocycles. The number of aromatic nitrogens is 5. The molecule has 0 spiro atoms. The van der Waals surface area contributed by atoms with Crippen LogP contribution in [-0.4, -0.2) is 44.5 Å². The van der Waals surface area contributed by atoms with Gasteiger partial charge in [-0.2, -0.15) is 0 Å². The van der Waals surface area contributed by atoms with E-state index in [0.717, 1.165) is 0 Å². The van der Waals surface area contributed by atoms with Crippen LogP contribution in [0.15, 0.2) is 78.3 Å². The van der Waals surface area contributed by atoms with E-state index in [1.165, 1.54) is 53.9 Å². The highest BCUT2D eigenvalue weighted by molar-refractivity contribution is 7.92. The molecule has 0 radical (unpaired) electrons. The van der Waals surface area contributed by atoms with Crippen molar-refractivity contribution in [3.05, 3.63) is 79.0 Å². The molecule has 0 saturated carbocycles. The third-order valence-corrected chi connectivity index (χ3v) is 5.49. The molecule has 0 saturated heterocycles. The van der Waals surface area contributed by atoms with E-state index in [9.17, 15) is 18.3 Å². The van der Waals surface area contributed by atoms with E-state index >= 15 is 0 Å². The SMILES string of the molecule is O=C(O)c1ccncc1-c1cn(-c2cccc(NS(=O)(=O)c3cccnc3)c2)nn1. The molecule has 3 aromatic heterocycles. The van der Waals surface area contributed by atoms with Gasteiger partial charge in [0.05, 0.1) is 23.1 Å². The number of carbonyl (C=O) groups is 1. The van der Waals surface area contributed by atoms with E-state index in [1.807, 2.05) is 0 Å². The Morgan fingerprint density at radius 2 is 1.87 bits per heavy atom. The molecule has 10 nitrogen and oxygen atoms in total. The monoisotopic (exact) mass is 422 g/mol. The molecule has 0 bridgehead atoms. The lowest BCUT2D eigenvalue weighted by Gasteiger charge is -2.09. The van der Waals surface area contributed by atoms with Gasteiger partial charge in [0.15, 0.2) is 0 Å². The maximum Gasteiger partial charge on any atom is 0.336 e. The first-order chi connectivity index (χ1) is 14.4. The molecule has 0 atom stereocenters. The number of carboxylic acids is 1. The van der Waals surface area contributed by atoms with Gasteiger partial charge in [-0.3, -0.25) is 14.7 Å². The Morgan fingerprint density at radius 3 is 2.63 bits per heavy atom. The van der Waals surface area contributed by atoms with Crippen LogP contribution in [0.2, 0.25) is 0 Å². The first-order valence-corrected chi connectivity index (χ1v) is 10.1. The number of nitrogens with zero attached hydrogens (tertiary/aromatic N) is 5. The highest BCUT2D eigenvalue weighted by atomic mass is 32.2. The topological polar surface area (TPSA) is 140 Å². The lowest BCUT2D eigenvalue weighted by Crippen LogP contribution is -2.13. The number of rotatable bonds is 6. The molecule has 0 amide bonds. The van der Waals surface area contributed by atoms with Gasteiger partial charge >= 0.3 is 5.97 Å². The molecule has 11 heteroatoms. The number of aromatic carboxylic acids is 1. The van der Waals surface area contributed by atoms with Gasteiger partial charge in [-0.1, -0.05) is 11.3 Å². The van der Waals surface area contributed by atoms with Crippen LogP contribution >= 0.6 is 0 Å². The number of pyridine rings is 2. The van der Waals surface area contributed by atoms with Gasteiger partial charge in [0.2, 0.25) is 0 Å². The standard InChI is InChI=1S/C19H14N6O4S/c26-19(27)16-6-8-21-11-17(16)18-12-25(24-22-18)14-4-1-3-13(9-14)23-30(28,29)15-5-2-7-20-10-15/h1-12,23H,(H,26,27). The molecule has 1 aromatic carbocycles. The molecule has 0 aliphatic rings. The minimum Gasteiger partial charge on any atom is -0.478 e. The van der Waals surface area contributed by atoms with Crippen molar-refractivity contribution in [2.75, 3.05) is 4.72 Å². The number of carboxylic acid groups (broad SMARTS) is 1. The summed E-state index contributed by atoms with van der Waals surface area (Å²) in [5, 5.41) is 17.4. The zero-order valence-electron chi connectivity index (χ0n) is 15.2. The molecule has 0 fully saturated rings. The zero-order valence-corrected chi connectivity index (χ0v) is 16.1. The largest absolute Gasteiger partial charge is 0.478 e. The average Bonchev–Trinajstić information content (AvgIpc) is 3.24. The van der Waals surface area contributed by atoms with Crippen LogP contribution in [0.3, 0.4) is 0 Å². The summed E-state index contributed by atoms with van der Waals surface area (Å²) in [6.45, 7) is 0. The normalized spacial score (nSPS) is 11.2. The second kappa shape index (κ2) is 7.72. The fraction of sp³-hybridized carbons (Fsp3) is 0. The second-order valence-corrected chi connectivity index (χ2v) is 7.80. The number of nitrogens with one attached hydrogen (secondary N) is 1. The minimum atomic E-state index is -3.80. The van der Waals surface area contributed by atoms with Crippen molar-refractivity contribution in [3.63, 3.8) is 0 Å². The van der Waals surface area contributed by atoms with Crippen molar-refractivity contribution in [2.24, 2.45) is 0 Å². The van der Waals surface area contributed by atoms with Gasteiger partial charge in [0, 0.05) is 30.4 Å². The Bertz CT molecular complexity index is 1320. The molecule has 2 N–H and O–H groups in total. The number of hydrogen-bond donors (Lipinski definition) is 2. The number of sulfonamides is 1. The Kier molecular flexibility index (Phi) is 4.94. The molecule has 4 rings (SSSR count). The van der Waals surface area contributed by atoms with E-state index < -0.39 is 16.0 Å². The van der Waals surface area contributed by atoms with E-state index in [-0.39, 0.29) is 10.5 Å². The van der Waals surface area contributed by atoms with Gasteiger partial charge in [0.25, 0.3) is 10.0 Å². The minimum absolute atomic E-state index is 0.0382. The van der Waals surface area contributed by atoms with Gasteiger partial charge in [0.1, 0.15) is 10.6 Å². The first-order valence-electron chi connectivity index (χ1n) is 8.57. The Hall–Kier alpha value is -4.12. The van der Waals surface area contributed by atoms with Crippen LogP contribution in [0.4, 0.5) is 5.69 Å². The molecule has 150 valence electrons. The highest BCUT2D eigenvalue weighted by Crippen LogP contribution is 2.23. The van der Waals surface area contributed by atoms with Crippen LogP contribution in [0.5, 0.6) is 0 Å². The summed E-state index contributed by atoms with van der Waals surface area (Å²) < 4.78 is 28.9. The van der Waals surface area contributed by atoms with Crippen molar-refractivity contribution in [2.45, 2.75) is 4.90 Å². The Morgan fingerprint density at radius 1 is 1.03 bits per heavy atom. The maximum atomic E-state index is 12.5. The zero-order chi connectivity index (χ0) is 21.1. The van der Waals surface area contributed by atoms with Crippen molar-refractivity contribution in [1.82, 2.24) is 25.0 Å². The molecule has 30 heavy (non-hydrogen) atoms. The third kappa shape index (κ3) is 3.86. The predicted molar refractivity (Wildman–Crippen MR) is 107 cm³/mol. The highest BCUT2D eigenvalue weighted by Gasteiger charge is 2.16. The van der Waals surface area contributed by atoms with Crippen LogP contribution in [0.1, 0.15) is 10.4 Å². The van der Waals surface area contributed by atoms with Gasteiger partial charge in [-0.15, -0.1) is 5.10 Å². The molecular weight excluding hydrogens is 408 g/mol. The summed E-state index contributed by atoms with van der Waals surface area (Å²) >= 11 is 0. The van der Waals surface area contributed by atoms with Crippen molar-refractivity contribution in [3.8, 4) is 16.9 Å². The maximum absolute atomic E-state index is 12.5. The van der Waals surface area contributed by atoms with Crippen molar-refractivity contribution in [1.29, 1.82) is 0 Å². The Balaban J connectivity index is 1.64. The fourth-order valence-corrected chi connectivity index (χ4v) is 3.74. The molecule has 3 heterocycles. The quantitative estimate of drug-likeness (QED) is 0.482. The van der Waals surface area contributed by atoms with Crippen LogP contribution in [0.25, 0.3) is 16.9 Å². The van der Waals surface area contributed by atoms with E-state index in [2.05, 4.69) is 25.0 Å². The van der Waals surface area contributed by atoms with E-state index in [1.54, 1.807) is 24.3 Å². The molecule has 0 aliphatic heterocycles. The smallest absolute Gasteiger partial charge is 0.336 e. The summed E-state index contributed by atoms with van der Waals surface area (Å²) in [4.78, 5) is 19.2. The first kappa shape index (κ1) is 19.2. The van der Waals surface area contributed by atoms with E-state index in [0.29, 0.717) is 22.6 Å². The lowest BCUT2D eigenvalue weighted by molar-refractivity contribution is 0.0697. The average molecular weight is 422 g/mol. The van der Waals surface area contributed by atoms with Gasteiger partial charge in [-0.05, 0) is 36.4 Å². The van der Waals surface area contributed by atoms with E-state index in [4.69, 9.17) is 0 Å². The van der Waals surface area contributed by atoms with Crippen LogP contribution in [0, 0.1) is 0 Å². The lowest BCUT2D eigenvalue weighted by atomic mass is 10.1. The van der Waals surface area contributed by atoms with Crippen molar-refractivity contribution < 1.29 is 18.3 Å². The Labute approximate surface area is 170 Å². The second-order valence-electron chi connectivity index (χ2n) is 6.12. The van der Waals surface area contributed by atoms with Crippen molar-refractivity contribution >= 4 is 21.7 Å². The summed E-state index contributed by atoms with van der Waals surface area (Å²) in [5.41, 5.74) is 1.54. The summed E-state index contributed by atoms with van der Waals surface area (Å²) in [5.74, 6) is -1.10. The van der Waals surface area contributed by atoms with Crippen LogP contribution < -0.4 is 4.72 Å². The summed E-state index contributed by atoms with van der Waals surface area (Å²) in [6, 6.07) is 10.9. The summed E-state index contributed by atoms with van der Waals surface area (Å²) in [6.07, 6.45) is 7.06. The van der Waals surface area contributed by atoms with Crippen LogP contribution in [-0.2, 0) is 10.0 Å². The summed E-state index contributed by atoms with van der Waals surface area (Å²) in [7, 11) is -3.80. The molecule has 4 aromatic rings.